The summed E-state index contributed by atoms with van der Waals surface area (Å²) in [5.41, 5.74) is 1.62. The van der Waals surface area contributed by atoms with Crippen LogP contribution >= 0.6 is 11.3 Å². The van der Waals surface area contributed by atoms with Gasteiger partial charge in [-0.2, -0.15) is 0 Å². The number of hydrogen-bond acceptors (Lipinski definition) is 7. The number of hydrogen-bond donors (Lipinski definition) is 2. The summed E-state index contributed by atoms with van der Waals surface area (Å²) in [5, 5.41) is 16.7. The second-order valence-corrected chi connectivity index (χ2v) is 9.84. The van der Waals surface area contributed by atoms with E-state index < -0.39 is 19.4 Å². The Labute approximate surface area is 193 Å². The van der Waals surface area contributed by atoms with E-state index in [2.05, 4.69) is 30.8 Å². The molecule has 174 valence electrons. The van der Waals surface area contributed by atoms with Gasteiger partial charge in [0.1, 0.15) is 23.4 Å². The number of rotatable bonds is 6. The van der Waals surface area contributed by atoms with Crippen LogP contribution in [-0.4, -0.2) is 68.6 Å². The molecule has 0 aliphatic carbocycles. The molecule has 8 nitrogen and oxygen atoms in total. The maximum absolute atomic E-state index is 13.1. The van der Waals surface area contributed by atoms with Crippen molar-refractivity contribution < 1.29 is 13.6 Å². The molecule has 2 amide bonds. The molecule has 4 heterocycles. The van der Waals surface area contributed by atoms with E-state index in [1.54, 1.807) is 6.20 Å². The van der Waals surface area contributed by atoms with Gasteiger partial charge in [0.25, 0.3) is 0 Å². The molecule has 2 N–H and O–H groups in total. The first kappa shape index (κ1) is 22.0. The molecule has 2 fully saturated rings. The van der Waals surface area contributed by atoms with Gasteiger partial charge in [-0.25, -0.2) is 23.5 Å². The van der Waals surface area contributed by atoms with E-state index in [0.717, 1.165) is 33.8 Å². The van der Waals surface area contributed by atoms with Gasteiger partial charge in [0.15, 0.2) is 0 Å². The Kier molecular flexibility index (Phi) is 6.15. The van der Waals surface area contributed by atoms with Crippen LogP contribution in [0.2, 0.25) is 0 Å². The van der Waals surface area contributed by atoms with Gasteiger partial charge in [-0.15, -0.1) is 10.2 Å². The third kappa shape index (κ3) is 4.51. The lowest BCUT2D eigenvalue weighted by Gasteiger charge is -2.39. The lowest BCUT2D eigenvalue weighted by Crippen LogP contribution is -2.54. The van der Waals surface area contributed by atoms with Gasteiger partial charge in [0.05, 0.1) is 11.6 Å². The van der Waals surface area contributed by atoms with Crippen molar-refractivity contribution in [2.24, 2.45) is 0 Å². The second-order valence-electron chi connectivity index (χ2n) is 8.66. The number of halogens is 2. The van der Waals surface area contributed by atoms with Crippen LogP contribution in [0.3, 0.4) is 0 Å². The van der Waals surface area contributed by atoms with Crippen molar-refractivity contribution in [1.29, 1.82) is 0 Å². The van der Waals surface area contributed by atoms with E-state index in [9.17, 15) is 13.6 Å². The van der Waals surface area contributed by atoms with Crippen LogP contribution < -0.4 is 10.6 Å². The summed E-state index contributed by atoms with van der Waals surface area (Å²) >= 11 is 1.51. The molecule has 11 heteroatoms. The third-order valence-corrected chi connectivity index (χ3v) is 7.27. The molecule has 33 heavy (non-hydrogen) atoms. The number of aromatic nitrogens is 4. The number of anilines is 1. The first-order valence-corrected chi connectivity index (χ1v) is 11.9. The molecular weight excluding hydrogens is 448 g/mol. The summed E-state index contributed by atoms with van der Waals surface area (Å²) in [6.07, 6.45) is 4.82. The first-order valence-electron chi connectivity index (χ1n) is 11.1. The molecule has 0 radical (unpaired) electrons. The Hall–Kier alpha value is -2.79. The van der Waals surface area contributed by atoms with Crippen molar-refractivity contribution in [3.63, 3.8) is 0 Å². The Morgan fingerprint density at radius 1 is 1.21 bits per heavy atom. The minimum absolute atomic E-state index is 0.0161. The number of benzene rings is 1. The fraction of sp³-hybridized carbons (Fsp3) is 0.500. The van der Waals surface area contributed by atoms with Crippen LogP contribution in [0, 0.1) is 6.92 Å². The Morgan fingerprint density at radius 3 is 2.64 bits per heavy atom. The Balaban J connectivity index is 1.29. The van der Waals surface area contributed by atoms with E-state index in [1.165, 1.54) is 11.3 Å². The quantitative estimate of drug-likeness (QED) is 0.564. The number of fused-ring (bicyclic) bond motifs is 3. The van der Waals surface area contributed by atoms with Crippen LogP contribution in [0.5, 0.6) is 0 Å². The lowest BCUT2D eigenvalue weighted by atomic mass is 9.97. The SMILES string of the molecule is Cc1nnc(-c2ccc3cnc(NC(=O)N4[C@@H]5CC[C@H]4C[C@H](NC(CF)CF)C5)nc3c2)s1. The molecule has 2 aliphatic rings. The smallest absolute Gasteiger partial charge is 0.318 e. The topological polar surface area (TPSA) is 95.9 Å². The molecule has 0 unspecified atom stereocenters. The van der Waals surface area contributed by atoms with Crippen LogP contribution in [0.15, 0.2) is 24.4 Å². The van der Waals surface area contributed by atoms with E-state index in [-0.39, 0.29) is 30.1 Å². The van der Waals surface area contributed by atoms with Crippen LogP contribution in [0.4, 0.5) is 19.5 Å². The average molecular weight is 474 g/mol. The molecule has 0 saturated carbocycles. The Morgan fingerprint density at radius 2 is 1.97 bits per heavy atom. The molecule has 2 aromatic heterocycles. The molecule has 2 aliphatic heterocycles. The van der Waals surface area contributed by atoms with Crippen LogP contribution in [0.25, 0.3) is 21.5 Å². The van der Waals surface area contributed by atoms with E-state index in [4.69, 9.17) is 0 Å². The molecular formula is C22H25F2N7OS. The summed E-state index contributed by atoms with van der Waals surface area (Å²) in [5.74, 6) is 0.243. The summed E-state index contributed by atoms with van der Waals surface area (Å²) < 4.78 is 25.8. The number of carbonyl (C=O) groups is 1. The minimum atomic E-state index is -0.769. The van der Waals surface area contributed by atoms with Crippen molar-refractivity contribution in [2.45, 2.75) is 56.8 Å². The van der Waals surface area contributed by atoms with Gasteiger partial charge in [-0.3, -0.25) is 5.32 Å². The fourth-order valence-electron chi connectivity index (χ4n) is 4.90. The zero-order valence-corrected chi connectivity index (χ0v) is 19.0. The summed E-state index contributed by atoms with van der Waals surface area (Å²) in [6, 6.07) is 4.88. The maximum atomic E-state index is 13.1. The van der Waals surface area contributed by atoms with Gasteiger partial charge in [0, 0.05) is 35.3 Å². The predicted molar refractivity (Wildman–Crippen MR) is 123 cm³/mol. The highest BCUT2D eigenvalue weighted by atomic mass is 32.1. The van der Waals surface area contributed by atoms with Gasteiger partial charge in [-0.1, -0.05) is 23.5 Å². The molecule has 5 rings (SSSR count). The largest absolute Gasteiger partial charge is 0.324 e. The molecule has 2 saturated heterocycles. The summed E-state index contributed by atoms with van der Waals surface area (Å²) in [4.78, 5) is 23.8. The van der Waals surface area contributed by atoms with Gasteiger partial charge < -0.3 is 10.2 Å². The highest BCUT2D eigenvalue weighted by Crippen LogP contribution is 2.36. The third-order valence-electron chi connectivity index (χ3n) is 6.39. The van der Waals surface area contributed by atoms with E-state index >= 15 is 0 Å². The second kappa shape index (κ2) is 9.22. The zero-order chi connectivity index (χ0) is 22.9. The zero-order valence-electron chi connectivity index (χ0n) is 18.2. The van der Waals surface area contributed by atoms with Crippen LogP contribution in [0.1, 0.15) is 30.7 Å². The van der Waals surface area contributed by atoms with Gasteiger partial charge in [0.2, 0.25) is 5.95 Å². The highest BCUT2D eigenvalue weighted by molar-refractivity contribution is 7.14. The first-order chi connectivity index (χ1) is 16.0. The number of aryl methyl sites for hydroxylation is 1. The summed E-state index contributed by atoms with van der Waals surface area (Å²) in [7, 11) is 0. The number of piperidine rings is 1. The molecule has 3 atom stereocenters. The molecule has 1 aromatic carbocycles. The predicted octanol–water partition coefficient (Wildman–Crippen LogP) is 3.88. The number of amides is 2. The Bertz CT molecular complexity index is 1140. The lowest BCUT2D eigenvalue weighted by molar-refractivity contribution is 0.133. The van der Waals surface area contributed by atoms with E-state index in [0.29, 0.717) is 18.4 Å². The average Bonchev–Trinajstić information content (AvgIpc) is 3.37. The van der Waals surface area contributed by atoms with Gasteiger partial charge >= 0.3 is 6.03 Å². The number of alkyl halides is 2. The van der Waals surface area contributed by atoms with Crippen molar-refractivity contribution >= 4 is 34.2 Å². The van der Waals surface area contributed by atoms with E-state index in [1.807, 2.05) is 30.0 Å². The normalized spacial score (nSPS) is 22.3. The van der Waals surface area contributed by atoms with Crippen molar-refractivity contribution in [2.75, 3.05) is 18.7 Å². The number of carbonyl (C=O) groups excluding carboxylic acids is 1. The number of nitrogens with zero attached hydrogens (tertiary/aromatic N) is 5. The standard InChI is InChI=1S/C22H25F2N7OS/c1-12-29-30-20(33-12)13-2-3-14-11-25-21(27-19(14)6-13)28-22(32)31-17-4-5-18(31)8-15(7-17)26-16(9-23)10-24/h2-3,6,11,15-18,26H,4-5,7-10H2,1H3,(H,25,27,28,32)/t15-,17-,18+. The van der Waals surface area contributed by atoms with Crippen molar-refractivity contribution in [3.05, 3.63) is 29.4 Å². The number of nitrogens with one attached hydrogen (secondary N) is 2. The molecule has 0 spiro atoms. The van der Waals surface area contributed by atoms with Gasteiger partial charge in [-0.05, 0) is 38.7 Å². The fourth-order valence-corrected chi connectivity index (χ4v) is 5.59. The molecule has 2 bridgehead atoms. The highest BCUT2D eigenvalue weighted by Gasteiger charge is 2.43. The van der Waals surface area contributed by atoms with Crippen molar-refractivity contribution in [1.82, 2.24) is 30.4 Å². The summed E-state index contributed by atoms with van der Waals surface area (Å²) in [6.45, 7) is 0.447. The number of urea groups is 1. The van der Waals surface area contributed by atoms with Crippen molar-refractivity contribution in [3.8, 4) is 10.6 Å². The monoisotopic (exact) mass is 473 g/mol. The molecule has 3 aromatic rings. The minimum Gasteiger partial charge on any atom is -0.318 e. The maximum Gasteiger partial charge on any atom is 0.324 e. The van der Waals surface area contributed by atoms with Crippen LogP contribution in [-0.2, 0) is 0 Å².